The van der Waals surface area contributed by atoms with Gasteiger partial charge in [-0.25, -0.2) is 9.18 Å². The first-order chi connectivity index (χ1) is 17.5. The predicted molar refractivity (Wildman–Crippen MR) is 129 cm³/mol. The highest BCUT2D eigenvalue weighted by molar-refractivity contribution is 6.19. The Balaban J connectivity index is 1.62. The Bertz CT molecular complexity index is 1560. The number of carbonyl (C=O) groups is 2. The van der Waals surface area contributed by atoms with Crippen molar-refractivity contribution in [3.05, 3.63) is 118 Å². The third-order valence-electron chi connectivity index (χ3n) is 6.87. The van der Waals surface area contributed by atoms with Gasteiger partial charge in [-0.05, 0) is 35.9 Å². The third kappa shape index (κ3) is 2.77. The standard InChI is InChI=1S/C28H19FN4O3/c29-18-8-6-7-17(13-18)15-32-22-12-5-4-11-20(22)28(27(32)35)21(14-30)25(31)33(19-9-2-1-3-10-19)23-16-36-26(34)24(23)28/h1-13H,15-16,31H2/t28-/m1/s1. The van der Waals surface area contributed by atoms with Crippen LogP contribution in [0.1, 0.15) is 11.1 Å². The van der Waals surface area contributed by atoms with Crippen molar-refractivity contribution >= 4 is 23.3 Å². The van der Waals surface area contributed by atoms with Gasteiger partial charge in [-0.15, -0.1) is 0 Å². The Morgan fingerprint density at radius 2 is 1.78 bits per heavy atom. The van der Waals surface area contributed by atoms with E-state index >= 15 is 0 Å². The van der Waals surface area contributed by atoms with Crippen LogP contribution in [0, 0.1) is 17.1 Å². The van der Waals surface area contributed by atoms with E-state index in [1.54, 1.807) is 53.4 Å². The number of fused-ring (bicyclic) bond motifs is 3. The number of nitrogens with two attached hydrogens (primary N) is 1. The summed E-state index contributed by atoms with van der Waals surface area (Å²) in [5, 5.41) is 10.4. The molecule has 1 amide bonds. The van der Waals surface area contributed by atoms with Crippen LogP contribution in [-0.4, -0.2) is 18.5 Å². The molecule has 1 atom stereocenters. The van der Waals surface area contributed by atoms with Gasteiger partial charge in [0, 0.05) is 16.9 Å². The molecule has 3 heterocycles. The number of hydrogen-bond acceptors (Lipinski definition) is 6. The highest BCUT2D eigenvalue weighted by atomic mass is 19.1. The molecule has 6 rings (SSSR count). The second-order valence-electron chi connectivity index (χ2n) is 8.73. The van der Waals surface area contributed by atoms with Crippen LogP contribution in [0.15, 0.2) is 102 Å². The van der Waals surface area contributed by atoms with Gasteiger partial charge in [0.1, 0.15) is 29.7 Å². The van der Waals surface area contributed by atoms with Gasteiger partial charge in [-0.1, -0.05) is 48.5 Å². The number of carbonyl (C=O) groups excluding carboxylic acids is 2. The normalized spacial score (nSPS) is 20.6. The van der Waals surface area contributed by atoms with Gasteiger partial charge in [0.25, 0.3) is 0 Å². The van der Waals surface area contributed by atoms with E-state index in [0.717, 1.165) is 0 Å². The molecule has 0 saturated carbocycles. The van der Waals surface area contributed by atoms with Crippen molar-refractivity contribution < 1.29 is 18.7 Å². The third-order valence-corrected chi connectivity index (χ3v) is 6.87. The van der Waals surface area contributed by atoms with Crippen molar-refractivity contribution in [2.45, 2.75) is 12.0 Å². The molecule has 176 valence electrons. The average molecular weight is 478 g/mol. The number of amides is 1. The second kappa shape index (κ2) is 7.82. The first kappa shape index (κ1) is 21.6. The molecule has 3 aliphatic heterocycles. The second-order valence-corrected chi connectivity index (χ2v) is 8.73. The van der Waals surface area contributed by atoms with Crippen LogP contribution in [-0.2, 0) is 26.3 Å². The fraction of sp³-hybridized carbons (Fsp3) is 0.107. The van der Waals surface area contributed by atoms with Crippen LogP contribution in [0.2, 0.25) is 0 Å². The Hall–Kier alpha value is -4.90. The van der Waals surface area contributed by atoms with Gasteiger partial charge in [0.15, 0.2) is 0 Å². The van der Waals surface area contributed by atoms with Crippen LogP contribution in [0.5, 0.6) is 0 Å². The zero-order valence-corrected chi connectivity index (χ0v) is 18.9. The number of anilines is 2. The molecule has 0 aromatic heterocycles. The number of esters is 1. The number of hydrogen-bond donors (Lipinski definition) is 1. The van der Waals surface area contributed by atoms with Gasteiger partial charge in [-0.3, -0.25) is 9.69 Å². The Labute approximate surface area is 206 Å². The maximum absolute atomic E-state index is 14.4. The zero-order valence-electron chi connectivity index (χ0n) is 18.9. The molecular formula is C28H19FN4O3. The summed E-state index contributed by atoms with van der Waals surface area (Å²) in [6.45, 7) is -0.0441. The van der Waals surface area contributed by atoms with Crippen molar-refractivity contribution in [1.29, 1.82) is 5.26 Å². The minimum absolute atomic E-state index is 0.0496. The lowest BCUT2D eigenvalue weighted by Crippen LogP contribution is -2.50. The molecule has 0 aliphatic carbocycles. The van der Waals surface area contributed by atoms with Crippen LogP contribution in [0.3, 0.4) is 0 Å². The van der Waals surface area contributed by atoms with Gasteiger partial charge in [0.05, 0.1) is 23.4 Å². The molecule has 0 saturated heterocycles. The number of nitrogens with zero attached hydrogens (tertiary/aromatic N) is 3. The van der Waals surface area contributed by atoms with Crippen molar-refractivity contribution in [3.8, 4) is 6.07 Å². The monoisotopic (exact) mass is 478 g/mol. The molecule has 2 N–H and O–H groups in total. The van der Waals surface area contributed by atoms with Crippen molar-refractivity contribution in [2.24, 2.45) is 5.73 Å². The Kier molecular flexibility index (Phi) is 4.70. The minimum Gasteiger partial charge on any atom is -0.456 e. The molecule has 1 spiro atoms. The van der Waals surface area contributed by atoms with Crippen molar-refractivity contribution in [1.82, 2.24) is 0 Å². The highest BCUT2D eigenvalue weighted by Gasteiger charge is 2.63. The number of ether oxygens (including phenoxy) is 1. The summed E-state index contributed by atoms with van der Waals surface area (Å²) in [6, 6.07) is 24.2. The minimum atomic E-state index is -1.77. The largest absolute Gasteiger partial charge is 0.456 e. The molecule has 3 aromatic rings. The summed E-state index contributed by atoms with van der Waals surface area (Å²) in [6.07, 6.45) is 0. The first-order valence-electron chi connectivity index (χ1n) is 11.3. The number of cyclic esters (lactones) is 1. The molecule has 7 nitrogen and oxygen atoms in total. The van der Waals surface area contributed by atoms with E-state index < -0.39 is 23.1 Å². The van der Waals surface area contributed by atoms with E-state index in [1.165, 1.54) is 17.0 Å². The molecule has 0 unspecified atom stereocenters. The van der Waals surface area contributed by atoms with E-state index in [1.807, 2.05) is 18.2 Å². The topological polar surface area (TPSA) is 99.7 Å². The van der Waals surface area contributed by atoms with Crippen LogP contribution >= 0.6 is 0 Å². The number of para-hydroxylation sites is 2. The van der Waals surface area contributed by atoms with Crippen molar-refractivity contribution in [2.75, 3.05) is 16.4 Å². The maximum atomic E-state index is 14.4. The lowest BCUT2D eigenvalue weighted by atomic mass is 9.67. The van der Waals surface area contributed by atoms with E-state index in [0.29, 0.717) is 28.2 Å². The van der Waals surface area contributed by atoms with Crippen molar-refractivity contribution in [3.63, 3.8) is 0 Å². The molecule has 36 heavy (non-hydrogen) atoms. The molecular weight excluding hydrogens is 459 g/mol. The zero-order chi connectivity index (χ0) is 25.0. The summed E-state index contributed by atoms with van der Waals surface area (Å²) < 4.78 is 19.4. The van der Waals surface area contributed by atoms with Gasteiger partial charge >= 0.3 is 5.97 Å². The molecule has 0 radical (unpaired) electrons. The van der Waals surface area contributed by atoms with Crippen LogP contribution < -0.4 is 15.5 Å². The molecule has 3 aromatic carbocycles. The smallest absolute Gasteiger partial charge is 0.338 e. The maximum Gasteiger partial charge on any atom is 0.338 e. The lowest BCUT2D eigenvalue weighted by Gasteiger charge is -2.38. The predicted octanol–water partition coefficient (Wildman–Crippen LogP) is 3.64. The van der Waals surface area contributed by atoms with Gasteiger partial charge in [-0.2, -0.15) is 5.26 Å². The number of nitriles is 1. The van der Waals surface area contributed by atoms with E-state index in [-0.39, 0.29) is 30.1 Å². The Morgan fingerprint density at radius 1 is 1.03 bits per heavy atom. The summed E-state index contributed by atoms with van der Waals surface area (Å²) in [5.74, 6) is -1.56. The highest BCUT2D eigenvalue weighted by Crippen LogP contribution is 2.56. The molecule has 3 aliphatic rings. The lowest BCUT2D eigenvalue weighted by molar-refractivity contribution is -0.137. The van der Waals surface area contributed by atoms with E-state index in [4.69, 9.17) is 10.5 Å². The summed E-state index contributed by atoms with van der Waals surface area (Å²) in [4.78, 5) is 30.8. The average Bonchev–Trinajstić information content (AvgIpc) is 3.37. The van der Waals surface area contributed by atoms with E-state index in [9.17, 15) is 19.2 Å². The quantitative estimate of drug-likeness (QED) is 0.577. The summed E-state index contributed by atoms with van der Waals surface area (Å²) >= 11 is 0. The van der Waals surface area contributed by atoms with Crippen LogP contribution in [0.4, 0.5) is 15.8 Å². The number of rotatable bonds is 3. The molecule has 0 fully saturated rings. The van der Waals surface area contributed by atoms with Gasteiger partial charge in [0.2, 0.25) is 5.91 Å². The fourth-order valence-electron chi connectivity index (χ4n) is 5.44. The summed E-state index contributed by atoms with van der Waals surface area (Å²) in [7, 11) is 0. The molecule has 8 heteroatoms. The number of benzene rings is 3. The SMILES string of the molecule is N#CC1=C(N)N(c2ccccc2)C2=C(C(=O)OC2)[C@]12C(=O)N(Cc1cccc(F)c1)c1ccccc12. The molecule has 0 bridgehead atoms. The van der Waals surface area contributed by atoms with Gasteiger partial charge < -0.3 is 15.4 Å². The Morgan fingerprint density at radius 3 is 2.53 bits per heavy atom. The van der Waals surface area contributed by atoms with E-state index in [2.05, 4.69) is 6.07 Å². The fourth-order valence-corrected chi connectivity index (χ4v) is 5.44. The first-order valence-corrected chi connectivity index (χ1v) is 11.3. The van der Waals surface area contributed by atoms with Crippen LogP contribution in [0.25, 0.3) is 0 Å². The summed E-state index contributed by atoms with van der Waals surface area (Å²) in [5.41, 5.74) is 7.48. The number of halogens is 1.